The first-order valence-electron chi connectivity index (χ1n) is 10.4. The fourth-order valence-electron chi connectivity index (χ4n) is 4.04. The van der Waals surface area contributed by atoms with E-state index in [1.54, 1.807) is 12.1 Å². The van der Waals surface area contributed by atoms with Crippen LogP contribution in [0.1, 0.15) is 56.1 Å². The maximum Gasteiger partial charge on any atom is 0.261 e. The highest BCUT2D eigenvalue weighted by atomic mass is 32.2. The third kappa shape index (κ3) is 4.58. The monoisotopic (exact) mass is 398 g/mol. The van der Waals surface area contributed by atoms with Crippen LogP contribution < -0.4 is 4.72 Å². The lowest BCUT2D eigenvalue weighted by atomic mass is 9.98. The fraction of sp³-hybridized carbons (Fsp3) is 0.478. The van der Waals surface area contributed by atoms with Gasteiger partial charge < -0.3 is 4.90 Å². The van der Waals surface area contributed by atoms with Gasteiger partial charge in [-0.05, 0) is 79.0 Å². The quantitative estimate of drug-likeness (QED) is 0.728. The lowest BCUT2D eigenvalue weighted by molar-refractivity contribution is 0.320. The summed E-state index contributed by atoms with van der Waals surface area (Å²) in [5.74, 6) is 1.79. The summed E-state index contributed by atoms with van der Waals surface area (Å²) in [5.41, 5.74) is 3.01. The van der Waals surface area contributed by atoms with Gasteiger partial charge in [0, 0.05) is 18.8 Å². The van der Waals surface area contributed by atoms with E-state index >= 15 is 0 Å². The van der Waals surface area contributed by atoms with Crippen molar-refractivity contribution >= 4 is 15.7 Å². The molecule has 1 aliphatic carbocycles. The van der Waals surface area contributed by atoms with Crippen molar-refractivity contribution in [2.45, 2.75) is 49.8 Å². The van der Waals surface area contributed by atoms with Crippen LogP contribution in [0.25, 0.3) is 0 Å². The van der Waals surface area contributed by atoms with E-state index in [2.05, 4.69) is 29.5 Å². The van der Waals surface area contributed by atoms with Crippen LogP contribution in [0.5, 0.6) is 0 Å². The van der Waals surface area contributed by atoms with Crippen molar-refractivity contribution < 1.29 is 8.42 Å². The van der Waals surface area contributed by atoms with Crippen LogP contribution in [-0.2, 0) is 10.0 Å². The molecule has 5 heteroatoms. The van der Waals surface area contributed by atoms with Crippen LogP contribution in [0, 0.1) is 5.92 Å². The summed E-state index contributed by atoms with van der Waals surface area (Å²) in [5, 5.41) is 0. The molecule has 28 heavy (non-hydrogen) atoms. The van der Waals surface area contributed by atoms with Gasteiger partial charge in [-0.2, -0.15) is 0 Å². The molecule has 1 N–H and O–H groups in total. The minimum atomic E-state index is -3.57. The normalized spacial score (nSPS) is 20.6. The summed E-state index contributed by atoms with van der Waals surface area (Å²) in [4.78, 5) is 2.87. The van der Waals surface area contributed by atoms with Crippen molar-refractivity contribution in [2.75, 3.05) is 24.4 Å². The van der Waals surface area contributed by atoms with Crippen molar-refractivity contribution in [3.05, 3.63) is 59.7 Å². The lowest BCUT2D eigenvalue weighted by Crippen LogP contribution is -2.22. The smallest absolute Gasteiger partial charge is 0.261 e. The summed E-state index contributed by atoms with van der Waals surface area (Å²) < 4.78 is 28.3. The Labute approximate surface area is 169 Å². The molecule has 2 aliphatic rings. The molecule has 1 aliphatic heterocycles. The number of hydrogen-bond donors (Lipinski definition) is 1. The molecule has 1 saturated carbocycles. The maximum absolute atomic E-state index is 12.8. The zero-order valence-electron chi connectivity index (χ0n) is 16.8. The van der Waals surface area contributed by atoms with Gasteiger partial charge in [-0.1, -0.05) is 38.1 Å². The number of nitrogens with zero attached hydrogens (tertiary/aromatic N) is 1. The van der Waals surface area contributed by atoms with E-state index in [-0.39, 0.29) is 0 Å². The summed E-state index contributed by atoms with van der Waals surface area (Å²) in [7, 11) is -3.57. The van der Waals surface area contributed by atoms with E-state index in [0.29, 0.717) is 22.4 Å². The third-order valence-electron chi connectivity index (χ3n) is 5.95. The molecule has 2 fully saturated rings. The molecule has 0 amide bonds. The first-order chi connectivity index (χ1) is 13.4. The van der Waals surface area contributed by atoms with E-state index < -0.39 is 10.0 Å². The zero-order valence-corrected chi connectivity index (χ0v) is 17.6. The molecule has 0 aromatic heterocycles. The van der Waals surface area contributed by atoms with Crippen LogP contribution in [0.15, 0.2) is 53.4 Å². The van der Waals surface area contributed by atoms with Crippen molar-refractivity contribution in [2.24, 2.45) is 5.92 Å². The van der Waals surface area contributed by atoms with Crippen LogP contribution >= 0.6 is 0 Å². The van der Waals surface area contributed by atoms with Crippen molar-refractivity contribution in [1.29, 1.82) is 0 Å². The average molecular weight is 399 g/mol. The molecule has 2 aromatic carbocycles. The van der Waals surface area contributed by atoms with Crippen LogP contribution in [0.4, 0.5) is 5.69 Å². The number of benzene rings is 2. The van der Waals surface area contributed by atoms with Gasteiger partial charge in [0.25, 0.3) is 10.0 Å². The van der Waals surface area contributed by atoms with Gasteiger partial charge in [-0.25, -0.2) is 8.42 Å². The van der Waals surface area contributed by atoms with Gasteiger partial charge in [-0.3, -0.25) is 4.72 Å². The molecule has 1 heterocycles. The fourth-order valence-corrected chi connectivity index (χ4v) is 5.09. The molecule has 4 nitrogen and oxygen atoms in total. The Morgan fingerprint density at radius 3 is 2.50 bits per heavy atom. The highest BCUT2D eigenvalue weighted by molar-refractivity contribution is 7.92. The molecule has 1 saturated heterocycles. The summed E-state index contributed by atoms with van der Waals surface area (Å²) >= 11 is 0. The lowest BCUT2D eigenvalue weighted by Gasteiger charge is -2.16. The topological polar surface area (TPSA) is 49.4 Å². The Morgan fingerprint density at radius 2 is 1.82 bits per heavy atom. The number of likely N-dealkylation sites (tertiary alicyclic amines) is 1. The average Bonchev–Trinajstić information content (AvgIpc) is 3.36. The predicted octanol–water partition coefficient (Wildman–Crippen LogP) is 4.81. The van der Waals surface area contributed by atoms with Crippen LogP contribution in [0.2, 0.25) is 0 Å². The van der Waals surface area contributed by atoms with Gasteiger partial charge in [0.1, 0.15) is 0 Å². The SMILES string of the molecule is CC(C)c1ccc(S(=O)(=O)Nc2cccc(C3CCN(CC4CC4)C3)c2)cc1. The molecule has 1 unspecified atom stereocenters. The summed E-state index contributed by atoms with van der Waals surface area (Å²) in [6, 6.07) is 15.1. The van der Waals surface area contributed by atoms with E-state index in [1.807, 2.05) is 30.3 Å². The van der Waals surface area contributed by atoms with Gasteiger partial charge in [0.15, 0.2) is 0 Å². The molecule has 1 atom stereocenters. The predicted molar refractivity (Wildman–Crippen MR) is 114 cm³/mol. The molecule has 4 rings (SSSR count). The van der Waals surface area contributed by atoms with Gasteiger partial charge >= 0.3 is 0 Å². The second-order valence-electron chi connectivity index (χ2n) is 8.64. The van der Waals surface area contributed by atoms with E-state index in [1.165, 1.54) is 24.9 Å². The molecule has 0 radical (unpaired) electrons. The minimum absolute atomic E-state index is 0.304. The minimum Gasteiger partial charge on any atom is -0.302 e. The van der Waals surface area contributed by atoms with Crippen LogP contribution in [-0.4, -0.2) is 33.0 Å². The summed E-state index contributed by atoms with van der Waals surface area (Å²) in [6.07, 6.45) is 3.92. The van der Waals surface area contributed by atoms with Crippen molar-refractivity contribution in [1.82, 2.24) is 4.90 Å². The maximum atomic E-state index is 12.8. The molecule has 150 valence electrons. The summed E-state index contributed by atoms with van der Waals surface area (Å²) in [6.45, 7) is 7.67. The molecule has 0 spiro atoms. The number of anilines is 1. The largest absolute Gasteiger partial charge is 0.302 e. The van der Waals surface area contributed by atoms with E-state index in [9.17, 15) is 8.42 Å². The van der Waals surface area contributed by atoms with Gasteiger partial charge in [0.05, 0.1) is 4.90 Å². The highest BCUT2D eigenvalue weighted by Crippen LogP contribution is 2.34. The first kappa shape index (κ1) is 19.5. The Bertz CT molecular complexity index is 918. The molecule has 2 aromatic rings. The molecule has 0 bridgehead atoms. The van der Waals surface area contributed by atoms with Crippen molar-refractivity contribution in [3.63, 3.8) is 0 Å². The molecular formula is C23H30N2O2S. The first-order valence-corrected chi connectivity index (χ1v) is 11.8. The number of nitrogens with one attached hydrogen (secondary N) is 1. The Balaban J connectivity index is 1.45. The zero-order chi connectivity index (χ0) is 19.7. The second-order valence-corrected chi connectivity index (χ2v) is 10.3. The Kier molecular flexibility index (Phi) is 5.48. The number of rotatable bonds is 7. The third-order valence-corrected chi connectivity index (χ3v) is 7.35. The second kappa shape index (κ2) is 7.88. The van der Waals surface area contributed by atoms with E-state index in [4.69, 9.17) is 0 Å². The number of sulfonamides is 1. The number of hydrogen-bond acceptors (Lipinski definition) is 3. The van der Waals surface area contributed by atoms with Gasteiger partial charge in [-0.15, -0.1) is 0 Å². The standard InChI is InChI=1S/C23H30N2O2S/c1-17(2)19-8-10-23(11-9-19)28(26,27)24-22-5-3-4-20(14-22)21-12-13-25(16-21)15-18-6-7-18/h3-5,8-11,14,17-18,21,24H,6-7,12-13,15-16H2,1-2H3. The van der Waals surface area contributed by atoms with E-state index in [0.717, 1.165) is 31.0 Å². The van der Waals surface area contributed by atoms with Crippen LogP contribution in [0.3, 0.4) is 0 Å². The highest BCUT2D eigenvalue weighted by Gasteiger charge is 2.29. The van der Waals surface area contributed by atoms with Gasteiger partial charge in [0.2, 0.25) is 0 Å². The van der Waals surface area contributed by atoms with Crippen molar-refractivity contribution in [3.8, 4) is 0 Å². The Hall–Kier alpha value is -1.85. The Morgan fingerprint density at radius 1 is 1.07 bits per heavy atom. The molecular weight excluding hydrogens is 368 g/mol.